The Morgan fingerprint density at radius 2 is 2.21 bits per heavy atom. The highest BCUT2D eigenvalue weighted by Gasteiger charge is 2.63. The Morgan fingerprint density at radius 3 is 2.68 bits per heavy atom. The molecule has 4 nitrogen and oxygen atoms in total. The molecule has 2 rings (SSSR count). The minimum atomic E-state index is -4.76. The maximum absolute atomic E-state index is 13.0. The molecule has 0 aromatic carbocycles. The highest BCUT2D eigenvalue weighted by atomic mass is 19.4. The van der Waals surface area contributed by atoms with E-state index in [1.54, 1.807) is 19.2 Å². The molecular weight excluding hydrogens is 261 g/mol. The summed E-state index contributed by atoms with van der Waals surface area (Å²) in [6.07, 6.45) is -2.16. The number of nitrogens with zero attached hydrogens (tertiary/aromatic N) is 2. The maximum Gasteiger partial charge on any atom is 0.406 e. The Balaban J connectivity index is 2.33. The number of anilines is 1. The van der Waals surface area contributed by atoms with E-state index in [1.807, 2.05) is 0 Å². The molecule has 1 fully saturated rings. The lowest BCUT2D eigenvalue weighted by atomic mass is 9.86. The van der Waals surface area contributed by atoms with E-state index in [2.05, 4.69) is 4.98 Å². The summed E-state index contributed by atoms with van der Waals surface area (Å²) < 4.78 is 39.1. The fourth-order valence-electron chi connectivity index (χ4n) is 2.36. The summed E-state index contributed by atoms with van der Waals surface area (Å²) in [4.78, 5) is 16.4. The first-order chi connectivity index (χ1) is 8.78. The first-order valence-electron chi connectivity index (χ1n) is 5.73. The third kappa shape index (κ3) is 2.13. The second-order valence-corrected chi connectivity index (χ2v) is 4.72. The van der Waals surface area contributed by atoms with E-state index in [4.69, 9.17) is 5.11 Å². The molecule has 1 aliphatic heterocycles. The number of aliphatic carboxylic acids is 1. The summed E-state index contributed by atoms with van der Waals surface area (Å²) in [5.41, 5.74) is -1.35. The van der Waals surface area contributed by atoms with E-state index < -0.39 is 30.5 Å². The number of aryl methyl sites for hydroxylation is 1. The van der Waals surface area contributed by atoms with E-state index in [9.17, 15) is 18.0 Å². The Morgan fingerprint density at radius 1 is 1.53 bits per heavy atom. The van der Waals surface area contributed by atoms with Gasteiger partial charge in [0.1, 0.15) is 0 Å². The van der Waals surface area contributed by atoms with E-state index in [1.165, 1.54) is 11.1 Å². The summed E-state index contributed by atoms with van der Waals surface area (Å²) in [5.74, 6) is -1.81. The van der Waals surface area contributed by atoms with Gasteiger partial charge in [-0.3, -0.25) is 9.78 Å². The third-order valence-electron chi connectivity index (χ3n) is 3.55. The van der Waals surface area contributed by atoms with Gasteiger partial charge < -0.3 is 10.0 Å². The number of rotatable bonds is 2. The van der Waals surface area contributed by atoms with E-state index in [-0.39, 0.29) is 6.54 Å². The van der Waals surface area contributed by atoms with Gasteiger partial charge in [-0.2, -0.15) is 13.2 Å². The number of alkyl halides is 3. The van der Waals surface area contributed by atoms with Crippen molar-refractivity contribution in [2.75, 3.05) is 18.0 Å². The first-order valence-corrected chi connectivity index (χ1v) is 5.73. The minimum absolute atomic E-state index is 0.0661. The first kappa shape index (κ1) is 13.6. The normalized spacial score (nSPS) is 23.7. The topological polar surface area (TPSA) is 53.4 Å². The zero-order valence-electron chi connectivity index (χ0n) is 10.2. The molecule has 1 aromatic rings. The van der Waals surface area contributed by atoms with E-state index in [0.29, 0.717) is 5.69 Å². The van der Waals surface area contributed by atoms with E-state index in [0.717, 1.165) is 5.56 Å². The van der Waals surface area contributed by atoms with Crippen molar-refractivity contribution in [3.63, 3.8) is 0 Å². The lowest BCUT2D eigenvalue weighted by Crippen LogP contribution is -2.47. The zero-order chi connectivity index (χ0) is 14.3. The third-order valence-corrected chi connectivity index (χ3v) is 3.55. The Labute approximate surface area is 107 Å². The van der Waals surface area contributed by atoms with Gasteiger partial charge in [0.05, 0.1) is 0 Å². The van der Waals surface area contributed by atoms with E-state index >= 15 is 0 Å². The van der Waals surface area contributed by atoms with Crippen LogP contribution < -0.4 is 4.90 Å². The highest BCUT2D eigenvalue weighted by Crippen LogP contribution is 2.46. The molecule has 0 saturated carbocycles. The molecule has 1 saturated heterocycles. The van der Waals surface area contributed by atoms with Gasteiger partial charge in [-0.1, -0.05) is 0 Å². The molecule has 0 radical (unpaired) electrons. The monoisotopic (exact) mass is 274 g/mol. The summed E-state index contributed by atoms with van der Waals surface area (Å²) in [7, 11) is 0. The molecule has 0 aliphatic carbocycles. The van der Waals surface area contributed by atoms with Crippen molar-refractivity contribution in [2.24, 2.45) is 5.41 Å². The second-order valence-electron chi connectivity index (χ2n) is 4.72. The molecule has 1 unspecified atom stereocenters. The summed E-state index contributed by atoms with van der Waals surface area (Å²) in [5, 5.41) is 8.97. The van der Waals surface area contributed by atoms with Crippen LogP contribution in [0.2, 0.25) is 0 Å². The van der Waals surface area contributed by atoms with Gasteiger partial charge in [0.15, 0.2) is 5.41 Å². The second kappa shape index (κ2) is 4.40. The fraction of sp³-hybridized carbons (Fsp3) is 0.500. The number of aromatic nitrogens is 1. The van der Waals surface area contributed by atoms with Crippen LogP contribution >= 0.6 is 0 Å². The van der Waals surface area contributed by atoms with Gasteiger partial charge in [0.2, 0.25) is 0 Å². The SMILES string of the molecule is Cc1cnccc1N1CCC(C(=O)O)(C(F)(F)F)C1. The molecule has 2 heterocycles. The quantitative estimate of drug-likeness (QED) is 0.898. The molecule has 1 atom stereocenters. The molecule has 0 spiro atoms. The molecule has 104 valence electrons. The van der Waals surface area contributed by atoms with Gasteiger partial charge in [0.25, 0.3) is 0 Å². The summed E-state index contributed by atoms with van der Waals surface area (Å²) >= 11 is 0. The average Bonchev–Trinajstić information content (AvgIpc) is 2.75. The predicted molar refractivity (Wildman–Crippen MR) is 61.9 cm³/mol. The number of hydrogen-bond donors (Lipinski definition) is 1. The largest absolute Gasteiger partial charge is 0.481 e. The van der Waals surface area contributed by atoms with Crippen LogP contribution in [0.25, 0.3) is 0 Å². The number of hydrogen-bond acceptors (Lipinski definition) is 3. The highest BCUT2D eigenvalue weighted by molar-refractivity contribution is 5.78. The number of carbonyl (C=O) groups is 1. The number of carboxylic acid groups (broad SMARTS) is 1. The van der Waals surface area contributed by atoms with Crippen LogP contribution in [0.3, 0.4) is 0 Å². The van der Waals surface area contributed by atoms with Crippen molar-refractivity contribution in [3.05, 3.63) is 24.0 Å². The lowest BCUT2D eigenvalue weighted by Gasteiger charge is -2.28. The predicted octanol–water partition coefficient (Wildman–Crippen LogP) is 2.23. The van der Waals surface area contributed by atoms with Gasteiger partial charge in [0, 0.05) is 31.2 Å². The van der Waals surface area contributed by atoms with Crippen LogP contribution in [-0.2, 0) is 4.79 Å². The van der Waals surface area contributed by atoms with Crippen LogP contribution in [-0.4, -0.2) is 35.3 Å². The summed E-state index contributed by atoms with van der Waals surface area (Å²) in [6.45, 7) is 1.24. The Hall–Kier alpha value is -1.79. The van der Waals surface area contributed by atoms with Crippen molar-refractivity contribution in [2.45, 2.75) is 19.5 Å². The minimum Gasteiger partial charge on any atom is -0.481 e. The molecule has 19 heavy (non-hydrogen) atoms. The maximum atomic E-state index is 13.0. The van der Waals surface area contributed by atoms with Crippen LogP contribution in [0, 0.1) is 12.3 Å². The number of pyridine rings is 1. The van der Waals surface area contributed by atoms with Crippen LogP contribution in [0.15, 0.2) is 18.5 Å². The molecule has 1 N–H and O–H groups in total. The Bertz CT molecular complexity index is 504. The molecular formula is C12H13F3N2O2. The van der Waals surface area contributed by atoms with Crippen LogP contribution in [0.1, 0.15) is 12.0 Å². The van der Waals surface area contributed by atoms with Gasteiger partial charge in [-0.15, -0.1) is 0 Å². The fourth-order valence-corrected chi connectivity index (χ4v) is 2.36. The smallest absolute Gasteiger partial charge is 0.406 e. The average molecular weight is 274 g/mol. The van der Waals surface area contributed by atoms with Crippen molar-refractivity contribution in [3.8, 4) is 0 Å². The Kier molecular flexibility index (Phi) is 3.15. The van der Waals surface area contributed by atoms with Crippen molar-refractivity contribution in [1.29, 1.82) is 0 Å². The van der Waals surface area contributed by atoms with Crippen molar-refractivity contribution < 1.29 is 23.1 Å². The molecule has 1 aromatic heterocycles. The molecule has 7 heteroatoms. The number of carboxylic acids is 1. The van der Waals surface area contributed by atoms with Crippen molar-refractivity contribution in [1.82, 2.24) is 4.98 Å². The molecule has 0 amide bonds. The lowest BCUT2D eigenvalue weighted by molar-refractivity contribution is -0.225. The van der Waals surface area contributed by atoms with Gasteiger partial charge in [-0.05, 0) is 25.0 Å². The van der Waals surface area contributed by atoms with Gasteiger partial charge in [-0.25, -0.2) is 0 Å². The van der Waals surface area contributed by atoms with Crippen molar-refractivity contribution >= 4 is 11.7 Å². The van der Waals surface area contributed by atoms with Gasteiger partial charge >= 0.3 is 12.1 Å². The molecule has 1 aliphatic rings. The zero-order valence-corrected chi connectivity index (χ0v) is 10.2. The standard InChI is InChI=1S/C12H13F3N2O2/c1-8-6-16-4-2-9(8)17-5-3-11(7-17,10(18)19)12(13,14)15/h2,4,6H,3,5,7H2,1H3,(H,18,19). The van der Waals surface area contributed by atoms with Crippen LogP contribution in [0.4, 0.5) is 18.9 Å². The number of halogens is 3. The summed E-state index contributed by atoms with van der Waals surface area (Å²) in [6, 6.07) is 1.60. The van der Waals surface area contributed by atoms with Crippen LogP contribution in [0.5, 0.6) is 0 Å². The molecule has 0 bridgehead atoms.